The van der Waals surface area contributed by atoms with E-state index in [1.165, 1.54) is 5.56 Å². The zero-order valence-corrected chi connectivity index (χ0v) is 18.6. The van der Waals surface area contributed by atoms with Gasteiger partial charge in [-0.15, -0.1) is 0 Å². The fraction of sp³-hybridized carbons (Fsp3) is 0.250. The number of pyridine rings is 1. The Labute approximate surface area is 192 Å². The van der Waals surface area contributed by atoms with Gasteiger partial charge in [-0.1, -0.05) is 41.9 Å². The first-order valence-electron chi connectivity index (χ1n) is 10.2. The number of nitrogens with zero attached hydrogens (tertiary/aromatic N) is 1. The van der Waals surface area contributed by atoms with Crippen LogP contribution in [-0.2, 0) is 10.2 Å². The first-order chi connectivity index (χ1) is 15.1. The van der Waals surface area contributed by atoms with Crippen molar-refractivity contribution in [3.63, 3.8) is 0 Å². The third-order valence-corrected chi connectivity index (χ3v) is 5.95. The van der Waals surface area contributed by atoms with Crippen molar-refractivity contribution >= 4 is 34.6 Å². The van der Waals surface area contributed by atoms with Crippen LogP contribution in [0.4, 0.5) is 5.69 Å². The van der Waals surface area contributed by atoms with Gasteiger partial charge < -0.3 is 20.1 Å². The lowest BCUT2D eigenvalue weighted by atomic mass is 9.74. The number of rotatable bonds is 6. The maximum absolute atomic E-state index is 6.08. The Morgan fingerprint density at radius 2 is 1.77 bits per heavy atom. The largest absolute Gasteiger partial charge is 0.439 e. The molecule has 31 heavy (non-hydrogen) atoms. The molecule has 2 heterocycles. The van der Waals surface area contributed by atoms with Crippen LogP contribution >= 0.6 is 23.8 Å². The normalized spacial score (nSPS) is 15.1. The molecule has 0 bridgehead atoms. The van der Waals surface area contributed by atoms with E-state index >= 15 is 0 Å². The van der Waals surface area contributed by atoms with Gasteiger partial charge in [-0.2, -0.15) is 0 Å². The van der Waals surface area contributed by atoms with E-state index in [1.807, 2.05) is 54.6 Å². The van der Waals surface area contributed by atoms with Gasteiger partial charge in [-0.05, 0) is 61.0 Å². The lowest BCUT2D eigenvalue weighted by Crippen LogP contribution is -2.45. The summed E-state index contributed by atoms with van der Waals surface area (Å²) in [6.07, 6.45) is 3.56. The number of anilines is 1. The molecule has 3 aromatic rings. The summed E-state index contributed by atoms with van der Waals surface area (Å²) in [5.41, 5.74) is 2.00. The molecule has 2 N–H and O–H groups in total. The summed E-state index contributed by atoms with van der Waals surface area (Å²) >= 11 is 11.6. The molecule has 1 aliphatic rings. The average molecular weight is 454 g/mol. The van der Waals surface area contributed by atoms with Crippen molar-refractivity contribution < 1.29 is 9.47 Å². The monoisotopic (exact) mass is 453 g/mol. The number of ether oxygens (including phenoxy) is 2. The summed E-state index contributed by atoms with van der Waals surface area (Å²) in [6.45, 7) is 2.18. The molecule has 1 saturated heterocycles. The number of benzene rings is 2. The molecule has 0 unspecified atom stereocenters. The summed E-state index contributed by atoms with van der Waals surface area (Å²) in [4.78, 5) is 4.35. The van der Waals surface area contributed by atoms with E-state index in [-0.39, 0.29) is 5.41 Å². The van der Waals surface area contributed by atoms with Crippen molar-refractivity contribution in [3.05, 3.63) is 83.5 Å². The van der Waals surface area contributed by atoms with Gasteiger partial charge in [-0.25, -0.2) is 4.98 Å². The molecule has 0 amide bonds. The Hall–Kier alpha value is -2.67. The van der Waals surface area contributed by atoms with Crippen LogP contribution < -0.4 is 15.4 Å². The fourth-order valence-electron chi connectivity index (χ4n) is 3.68. The molecule has 2 aromatic carbocycles. The Morgan fingerprint density at radius 1 is 1.03 bits per heavy atom. The Bertz CT molecular complexity index is 992. The first-order valence-corrected chi connectivity index (χ1v) is 11.0. The lowest BCUT2D eigenvalue weighted by molar-refractivity contribution is 0.0515. The zero-order valence-electron chi connectivity index (χ0n) is 17.0. The van der Waals surface area contributed by atoms with Crippen LogP contribution in [0.1, 0.15) is 18.4 Å². The molecule has 5 nitrogen and oxygen atoms in total. The number of halogens is 1. The van der Waals surface area contributed by atoms with Gasteiger partial charge in [-0.3, -0.25) is 0 Å². The molecule has 1 fully saturated rings. The van der Waals surface area contributed by atoms with Crippen LogP contribution in [0.25, 0.3) is 0 Å². The predicted octanol–water partition coefficient (Wildman–Crippen LogP) is 5.56. The second kappa shape index (κ2) is 10.1. The molecular weight excluding hydrogens is 430 g/mol. The fourth-order valence-corrected chi connectivity index (χ4v) is 4.00. The van der Waals surface area contributed by atoms with Crippen LogP contribution in [0.2, 0.25) is 5.02 Å². The Balaban J connectivity index is 1.35. The molecule has 0 radical (unpaired) electrons. The quantitative estimate of drug-likeness (QED) is 0.476. The number of nitrogens with one attached hydrogen (secondary N) is 2. The van der Waals surface area contributed by atoms with Crippen molar-refractivity contribution in [2.45, 2.75) is 18.3 Å². The summed E-state index contributed by atoms with van der Waals surface area (Å²) in [6, 6.07) is 21.3. The van der Waals surface area contributed by atoms with Crippen molar-refractivity contribution in [3.8, 4) is 11.6 Å². The van der Waals surface area contributed by atoms with Gasteiger partial charge in [0.15, 0.2) is 5.11 Å². The molecule has 0 saturated carbocycles. The van der Waals surface area contributed by atoms with E-state index in [0.29, 0.717) is 17.5 Å². The Morgan fingerprint density at radius 3 is 2.45 bits per heavy atom. The minimum atomic E-state index is -0.0415. The second-order valence-electron chi connectivity index (χ2n) is 7.51. The predicted molar refractivity (Wildman–Crippen MR) is 128 cm³/mol. The highest BCUT2D eigenvalue weighted by Gasteiger charge is 2.34. The first kappa shape index (κ1) is 21.6. The van der Waals surface area contributed by atoms with Crippen LogP contribution in [0.15, 0.2) is 72.9 Å². The highest BCUT2D eigenvalue weighted by atomic mass is 35.5. The van der Waals surface area contributed by atoms with Crippen LogP contribution in [0, 0.1) is 0 Å². The number of hydrogen-bond donors (Lipinski definition) is 2. The van der Waals surface area contributed by atoms with Gasteiger partial charge >= 0.3 is 0 Å². The minimum Gasteiger partial charge on any atom is -0.439 e. The van der Waals surface area contributed by atoms with Crippen molar-refractivity contribution in [1.82, 2.24) is 10.3 Å². The number of hydrogen-bond acceptors (Lipinski definition) is 4. The SMILES string of the molecule is S=C(NCC1(c2ccc(Cl)cc2)CCOCC1)Nc1ccc(Oc2ccccc2)nc1. The van der Waals surface area contributed by atoms with E-state index in [2.05, 4.69) is 27.8 Å². The molecule has 0 atom stereocenters. The third-order valence-electron chi connectivity index (χ3n) is 5.45. The molecule has 160 valence electrons. The number of thiocarbonyl (C=S) groups is 1. The van der Waals surface area contributed by atoms with Crippen molar-refractivity contribution in [2.75, 3.05) is 25.1 Å². The summed E-state index contributed by atoms with van der Waals surface area (Å²) in [5, 5.41) is 7.88. The summed E-state index contributed by atoms with van der Waals surface area (Å²) in [7, 11) is 0. The molecule has 0 spiro atoms. The molecular formula is C24H24ClN3O2S. The van der Waals surface area contributed by atoms with E-state index < -0.39 is 0 Å². The van der Waals surface area contributed by atoms with E-state index in [0.717, 1.165) is 42.5 Å². The molecule has 7 heteroatoms. The maximum Gasteiger partial charge on any atom is 0.219 e. The van der Waals surface area contributed by atoms with Crippen LogP contribution in [-0.4, -0.2) is 29.9 Å². The third kappa shape index (κ3) is 5.73. The second-order valence-corrected chi connectivity index (χ2v) is 8.35. The van der Waals surface area contributed by atoms with Crippen molar-refractivity contribution in [2.24, 2.45) is 0 Å². The minimum absolute atomic E-state index is 0.0415. The van der Waals surface area contributed by atoms with E-state index in [9.17, 15) is 0 Å². The van der Waals surface area contributed by atoms with Gasteiger partial charge in [0.1, 0.15) is 5.75 Å². The maximum atomic E-state index is 6.08. The smallest absolute Gasteiger partial charge is 0.219 e. The van der Waals surface area contributed by atoms with Gasteiger partial charge in [0, 0.05) is 36.3 Å². The molecule has 4 rings (SSSR count). The van der Waals surface area contributed by atoms with Gasteiger partial charge in [0.05, 0.1) is 11.9 Å². The molecule has 1 aromatic heterocycles. The highest BCUT2D eigenvalue weighted by Crippen LogP contribution is 2.35. The highest BCUT2D eigenvalue weighted by molar-refractivity contribution is 7.80. The average Bonchev–Trinajstić information content (AvgIpc) is 2.81. The van der Waals surface area contributed by atoms with E-state index in [4.69, 9.17) is 33.3 Å². The standard InChI is InChI=1S/C24H24ClN3O2S/c25-19-8-6-18(7-9-19)24(12-14-29-15-13-24)17-27-23(31)28-20-10-11-22(26-16-20)30-21-4-2-1-3-5-21/h1-11,16H,12-15,17H2,(H2,27,28,31). The van der Waals surface area contributed by atoms with Crippen LogP contribution in [0.3, 0.4) is 0 Å². The molecule has 1 aliphatic heterocycles. The number of aromatic nitrogens is 1. The number of para-hydroxylation sites is 1. The Kier molecular flexibility index (Phi) is 7.02. The van der Waals surface area contributed by atoms with Gasteiger partial charge in [0.25, 0.3) is 0 Å². The lowest BCUT2D eigenvalue weighted by Gasteiger charge is -2.38. The van der Waals surface area contributed by atoms with Crippen LogP contribution in [0.5, 0.6) is 11.6 Å². The topological polar surface area (TPSA) is 55.4 Å². The summed E-state index contributed by atoms with van der Waals surface area (Å²) in [5.74, 6) is 1.27. The van der Waals surface area contributed by atoms with Gasteiger partial charge in [0.2, 0.25) is 5.88 Å². The zero-order chi connectivity index (χ0) is 21.5. The van der Waals surface area contributed by atoms with E-state index in [1.54, 1.807) is 6.20 Å². The molecule has 0 aliphatic carbocycles. The summed E-state index contributed by atoms with van der Waals surface area (Å²) < 4.78 is 11.3. The van der Waals surface area contributed by atoms with Crippen molar-refractivity contribution in [1.29, 1.82) is 0 Å².